The van der Waals surface area contributed by atoms with Crippen molar-refractivity contribution in [2.45, 2.75) is 25.7 Å². The number of carbonyl (C=O) groups excluding carboxylic acids is 2. The molecule has 1 fully saturated rings. The van der Waals surface area contributed by atoms with Crippen molar-refractivity contribution in [1.82, 2.24) is 4.90 Å². The molecule has 5 heteroatoms. The van der Waals surface area contributed by atoms with Gasteiger partial charge in [0.15, 0.2) is 0 Å². The summed E-state index contributed by atoms with van der Waals surface area (Å²) in [5.41, 5.74) is 0.911. The number of amides is 1. The van der Waals surface area contributed by atoms with Crippen LogP contribution in [0.4, 0.5) is 0 Å². The highest BCUT2D eigenvalue weighted by atomic mass is 79.9. The van der Waals surface area contributed by atoms with Crippen molar-refractivity contribution >= 4 is 27.8 Å². The first kappa shape index (κ1) is 13.6. The van der Waals surface area contributed by atoms with Crippen LogP contribution in [0.15, 0.2) is 22.7 Å². The average Bonchev–Trinajstić information content (AvgIpc) is 2.47. The largest absolute Gasteiger partial charge is 0.426 e. The SMILES string of the molecule is O=C1Oc2ccc(Br)cc2C[C@@H]1C(=O)N1CCCCC1. The molecule has 3 rings (SSSR count). The second kappa shape index (κ2) is 5.56. The Morgan fingerprint density at radius 1 is 1.25 bits per heavy atom. The number of benzene rings is 1. The van der Waals surface area contributed by atoms with Crippen molar-refractivity contribution in [2.24, 2.45) is 5.92 Å². The fourth-order valence-electron chi connectivity index (χ4n) is 2.81. The topological polar surface area (TPSA) is 46.6 Å². The average molecular weight is 338 g/mol. The van der Waals surface area contributed by atoms with Crippen LogP contribution in [0.3, 0.4) is 0 Å². The fourth-order valence-corrected chi connectivity index (χ4v) is 3.22. The summed E-state index contributed by atoms with van der Waals surface area (Å²) in [5, 5.41) is 0. The van der Waals surface area contributed by atoms with E-state index in [1.165, 1.54) is 0 Å². The smallest absolute Gasteiger partial charge is 0.324 e. The van der Waals surface area contributed by atoms with Gasteiger partial charge in [0.2, 0.25) is 5.91 Å². The van der Waals surface area contributed by atoms with E-state index in [9.17, 15) is 9.59 Å². The van der Waals surface area contributed by atoms with Gasteiger partial charge >= 0.3 is 5.97 Å². The van der Waals surface area contributed by atoms with Crippen LogP contribution in [0, 0.1) is 5.92 Å². The zero-order valence-electron chi connectivity index (χ0n) is 11.1. The van der Waals surface area contributed by atoms with Gasteiger partial charge in [-0.05, 0) is 49.4 Å². The van der Waals surface area contributed by atoms with E-state index in [-0.39, 0.29) is 5.91 Å². The molecule has 0 unspecified atom stereocenters. The maximum absolute atomic E-state index is 12.5. The molecule has 0 spiro atoms. The molecule has 1 amide bonds. The number of rotatable bonds is 1. The molecule has 1 atom stereocenters. The van der Waals surface area contributed by atoms with Gasteiger partial charge in [0.1, 0.15) is 11.7 Å². The molecule has 0 N–H and O–H groups in total. The number of likely N-dealkylation sites (tertiary alicyclic amines) is 1. The van der Waals surface area contributed by atoms with Gasteiger partial charge in [-0.25, -0.2) is 0 Å². The summed E-state index contributed by atoms with van der Waals surface area (Å²) < 4.78 is 6.23. The van der Waals surface area contributed by atoms with Crippen LogP contribution in [0.2, 0.25) is 0 Å². The molecule has 106 valence electrons. The minimum absolute atomic E-state index is 0.0830. The van der Waals surface area contributed by atoms with Crippen LogP contribution in [-0.4, -0.2) is 29.9 Å². The predicted molar refractivity (Wildman–Crippen MR) is 77.4 cm³/mol. The zero-order valence-corrected chi connectivity index (χ0v) is 12.7. The molecule has 4 nitrogen and oxygen atoms in total. The summed E-state index contributed by atoms with van der Waals surface area (Å²) in [6.07, 6.45) is 3.64. The number of esters is 1. The van der Waals surface area contributed by atoms with Gasteiger partial charge in [0.05, 0.1) is 0 Å². The third-order valence-electron chi connectivity index (χ3n) is 3.91. The van der Waals surface area contributed by atoms with E-state index in [4.69, 9.17) is 4.74 Å². The van der Waals surface area contributed by atoms with E-state index in [1.807, 2.05) is 12.1 Å². The number of ether oxygens (including phenoxy) is 1. The third kappa shape index (κ3) is 2.59. The summed E-state index contributed by atoms with van der Waals surface area (Å²) in [7, 11) is 0. The Labute approximate surface area is 126 Å². The number of nitrogens with zero attached hydrogens (tertiary/aromatic N) is 1. The fraction of sp³-hybridized carbons (Fsp3) is 0.467. The maximum Gasteiger partial charge on any atom is 0.324 e. The van der Waals surface area contributed by atoms with E-state index in [1.54, 1.807) is 11.0 Å². The van der Waals surface area contributed by atoms with Gasteiger partial charge in [-0.3, -0.25) is 9.59 Å². The Morgan fingerprint density at radius 2 is 2.00 bits per heavy atom. The van der Waals surface area contributed by atoms with E-state index in [2.05, 4.69) is 15.9 Å². The van der Waals surface area contributed by atoms with Crippen LogP contribution in [-0.2, 0) is 16.0 Å². The van der Waals surface area contributed by atoms with Crippen LogP contribution >= 0.6 is 15.9 Å². The molecule has 0 radical (unpaired) electrons. The summed E-state index contributed by atoms with van der Waals surface area (Å²) in [5.74, 6) is -0.619. The highest BCUT2D eigenvalue weighted by molar-refractivity contribution is 9.10. The molecule has 1 saturated heterocycles. The molecule has 1 aromatic rings. The number of fused-ring (bicyclic) bond motifs is 1. The maximum atomic E-state index is 12.5. The quantitative estimate of drug-likeness (QED) is 0.449. The molecule has 1 aromatic carbocycles. The molecule has 0 saturated carbocycles. The highest BCUT2D eigenvalue weighted by Gasteiger charge is 2.37. The lowest BCUT2D eigenvalue weighted by Gasteiger charge is -2.31. The Hall–Kier alpha value is -1.36. The summed E-state index contributed by atoms with van der Waals surface area (Å²) in [6, 6.07) is 5.51. The Kier molecular flexibility index (Phi) is 3.78. The third-order valence-corrected chi connectivity index (χ3v) is 4.40. The van der Waals surface area contributed by atoms with Crippen LogP contribution in [0.1, 0.15) is 24.8 Å². The molecule has 0 aromatic heterocycles. The van der Waals surface area contributed by atoms with E-state index in [0.29, 0.717) is 12.2 Å². The first-order valence-corrected chi connectivity index (χ1v) is 7.73. The second-order valence-electron chi connectivity index (χ2n) is 5.32. The second-order valence-corrected chi connectivity index (χ2v) is 6.23. The lowest BCUT2D eigenvalue weighted by molar-refractivity contribution is -0.150. The lowest BCUT2D eigenvalue weighted by Crippen LogP contribution is -2.45. The molecule has 0 bridgehead atoms. The van der Waals surface area contributed by atoms with E-state index >= 15 is 0 Å². The zero-order chi connectivity index (χ0) is 14.1. The number of hydrogen-bond acceptors (Lipinski definition) is 3. The number of piperidine rings is 1. The van der Waals surface area contributed by atoms with Crippen molar-refractivity contribution < 1.29 is 14.3 Å². The van der Waals surface area contributed by atoms with Gasteiger partial charge in [0.25, 0.3) is 0 Å². The Morgan fingerprint density at radius 3 is 2.75 bits per heavy atom. The molecular weight excluding hydrogens is 322 g/mol. The number of halogens is 1. The van der Waals surface area contributed by atoms with Gasteiger partial charge in [0, 0.05) is 17.6 Å². The Balaban J connectivity index is 1.80. The molecule has 2 aliphatic heterocycles. The Bertz CT molecular complexity index is 552. The van der Waals surface area contributed by atoms with Crippen molar-refractivity contribution in [3.8, 4) is 5.75 Å². The van der Waals surface area contributed by atoms with Crippen LogP contribution < -0.4 is 4.74 Å². The van der Waals surface area contributed by atoms with Gasteiger partial charge in [-0.15, -0.1) is 0 Å². The lowest BCUT2D eigenvalue weighted by atomic mass is 9.94. The summed E-state index contributed by atoms with van der Waals surface area (Å²) >= 11 is 3.40. The van der Waals surface area contributed by atoms with Crippen molar-refractivity contribution in [3.63, 3.8) is 0 Å². The van der Waals surface area contributed by atoms with Gasteiger partial charge < -0.3 is 9.64 Å². The summed E-state index contributed by atoms with van der Waals surface area (Å²) in [6.45, 7) is 1.52. The van der Waals surface area contributed by atoms with Crippen LogP contribution in [0.25, 0.3) is 0 Å². The van der Waals surface area contributed by atoms with E-state index in [0.717, 1.165) is 42.4 Å². The predicted octanol–water partition coefficient (Wildman–Crippen LogP) is 2.54. The first-order chi connectivity index (χ1) is 9.65. The molecule has 2 aliphatic rings. The van der Waals surface area contributed by atoms with Crippen molar-refractivity contribution in [1.29, 1.82) is 0 Å². The van der Waals surface area contributed by atoms with Crippen molar-refractivity contribution in [3.05, 3.63) is 28.2 Å². The monoisotopic (exact) mass is 337 g/mol. The van der Waals surface area contributed by atoms with Crippen LogP contribution in [0.5, 0.6) is 5.75 Å². The standard InChI is InChI=1S/C15H16BrNO3/c16-11-4-5-13-10(8-11)9-12(15(19)20-13)14(18)17-6-2-1-3-7-17/h4-5,8,12H,1-3,6-7,9H2/t12-/m1/s1. The highest BCUT2D eigenvalue weighted by Crippen LogP contribution is 2.31. The first-order valence-electron chi connectivity index (χ1n) is 6.94. The molecule has 0 aliphatic carbocycles. The summed E-state index contributed by atoms with van der Waals surface area (Å²) in [4.78, 5) is 26.3. The van der Waals surface area contributed by atoms with E-state index < -0.39 is 11.9 Å². The van der Waals surface area contributed by atoms with Gasteiger partial charge in [-0.2, -0.15) is 0 Å². The number of carbonyl (C=O) groups is 2. The molecular formula is C15H16BrNO3. The molecule has 2 heterocycles. The number of hydrogen-bond donors (Lipinski definition) is 0. The minimum atomic E-state index is -0.685. The molecule has 20 heavy (non-hydrogen) atoms. The van der Waals surface area contributed by atoms with Gasteiger partial charge in [-0.1, -0.05) is 15.9 Å². The van der Waals surface area contributed by atoms with Crippen molar-refractivity contribution in [2.75, 3.05) is 13.1 Å². The minimum Gasteiger partial charge on any atom is -0.426 e. The normalized spacial score (nSPS) is 22.1.